The number of nitrogens with one attached hydrogen (secondary N) is 1. The van der Waals surface area contributed by atoms with Gasteiger partial charge in [0.25, 0.3) is 0 Å². The Kier molecular flexibility index (Phi) is 3.98. The van der Waals surface area contributed by atoms with Crippen LogP contribution in [0.2, 0.25) is 0 Å². The standard InChI is InChI=1S/C23H23NO3S/c1-23(2)10-17-22(18(25)11-23)21(13-4-6-14(28-3)7-5-13)15-8-19-20(27-12-26-19)9-16(15)24-17/h4-9,21,24H,10-12H2,1-3H3/t21-/m0/s1. The Bertz CT molecular complexity index is 1010. The molecule has 0 amide bonds. The van der Waals surface area contributed by atoms with Crippen molar-refractivity contribution in [2.75, 3.05) is 18.4 Å². The lowest BCUT2D eigenvalue weighted by Gasteiger charge is -2.39. The van der Waals surface area contributed by atoms with Crippen molar-refractivity contribution in [1.29, 1.82) is 0 Å². The molecular formula is C23H23NO3S. The number of thioether (sulfide) groups is 1. The highest BCUT2D eigenvalue weighted by Gasteiger charge is 2.41. The molecule has 144 valence electrons. The van der Waals surface area contributed by atoms with E-state index in [1.807, 2.05) is 12.1 Å². The SMILES string of the molecule is CSc1ccc([C@@H]2C3=C(CC(C)(C)CC3=O)Nc3cc4c(cc32)OCO4)cc1. The highest BCUT2D eigenvalue weighted by molar-refractivity contribution is 7.98. The number of allylic oxidation sites excluding steroid dienone is 2. The lowest BCUT2D eigenvalue weighted by molar-refractivity contribution is -0.118. The second kappa shape index (κ2) is 6.31. The van der Waals surface area contributed by atoms with E-state index in [2.05, 4.69) is 49.7 Å². The minimum atomic E-state index is -0.0831. The van der Waals surface area contributed by atoms with Crippen molar-refractivity contribution in [1.82, 2.24) is 0 Å². The van der Waals surface area contributed by atoms with Gasteiger partial charge in [-0.2, -0.15) is 0 Å². The van der Waals surface area contributed by atoms with Crippen molar-refractivity contribution in [3.05, 3.63) is 58.8 Å². The average molecular weight is 394 g/mol. The van der Waals surface area contributed by atoms with E-state index < -0.39 is 0 Å². The van der Waals surface area contributed by atoms with Gasteiger partial charge < -0.3 is 14.8 Å². The summed E-state index contributed by atoms with van der Waals surface area (Å²) < 4.78 is 11.2. The van der Waals surface area contributed by atoms with Crippen LogP contribution < -0.4 is 14.8 Å². The van der Waals surface area contributed by atoms with Gasteiger partial charge in [0.05, 0.1) is 0 Å². The van der Waals surface area contributed by atoms with Gasteiger partial charge in [0.1, 0.15) is 0 Å². The lowest BCUT2D eigenvalue weighted by Crippen LogP contribution is -2.33. The number of benzene rings is 2. The van der Waals surface area contributed by atoms with E-state index in [1.165, 1.54) is 4.90 Å². The molecule has 2 aromatic rings. The number of hydrogen-bond acceptors (Lipinski definition) is 5. The normalized spacial score (nSPS) is 21.8. The number of ketones is 1. The first-order chi connectivity index (χ1) is 13.4. The fraction of sp³-hybridized carbons (Fsp3) is 0.348. The molecule has 0 spiro atoms. The summed E-state index contributed by atoms with van der Waals surface area (Å²) in [5.41, 5.74) is 5.14. The molecule has 0 fully saturated rings. The summed E-state index contributed by atoms with van der Waals surface area (Å²) in [5, 5.41) is 3.56. The van der Waals surface area contributed by atoms with Crippen molar-refractivity contribution in [3.63, 3.8) is 0 Å². The summed E-state index contributed by atoms with van der Waals surface area (Å²) in [7, 11) is 0. The molecule has 0 radical (unpaired) electrons. The second-order valence-electron chi connectivity index (χ2n) is 8.46. The van der Waals surface area contributed by atoms with Crippen molar-refractivity contribution >= 4 is 23.2 Å². The molecule has 2 heterocycles. The van der Waals surface area contributed by atoms with Crippen molar-refractivity contribution < 1.29 is 14.3 Å². The van der Waals surface area contributed by atoms with E-state index in [-0.39, 0.29) is 23.9 Å². The third-order valence-electron chi connectivity index (χ3n) is 5.80. The quantitative estimate of drug-likeness (QED) is 0.698. The summed E-state index contributed by atoms with van der Waals surface area (Å²) in [6.45, 7) is 4.56. The highest BCUT2D eigenvalue weighted by Crippen LogP contribution is 2.51. The van der Waals surface area contributed by atoms with Gasteiger partial charge in [-0.25, -0.2) is 0 Å². The molecule has 0 saturated heterocycles. The second-order valence-corrected chi connectivity index (χ2v) is 9.34. The van der Waals surface area contributed by atoms with Gasteiger partial charge in [-0.05, 0) is 47.4 Å². The summed E-state index contributed by atoms with van der Waals surface area (Å²) in [4.78, 5) is 14.5. The van der Waals surface area contributed by atoms with E-state index in [0.717, 1.165) is 46.0 Å². The molecule has 2 aliphatic heterocycles. The summed E-state index contributed by atoms with van der Waals surface area (Å²) in [6, 6.07) is 12.6. The maximum atomic E-state index is 13.2. The fourth-order valence-corrected chi connectivity index (χ4v) is 4.95. The van der Waals surface area contributed by atoms with Gasteiger partial charge in [0, 0.05) is 40.3 Å². The Labute approximate surface area is 169 Å². The molecule has 0 aromatic heterocycles. The van der Waals surface area contributed by atoms with Gasteiger partial charge in [-0.3, -0.25) is 4.79 Å². The molecule has 4 nitrogen and oxygen atoms in total. The topological polar surface area (TPSA) is 47.6 Å². The molecule has 0 unspecified atom stereocenters. The molecule has 5 heteroatoms. The molecule has 1 aliphatic carbocycles. The number of ether oxygens (including phenoxy) is 2. The maximum Gasteiger partial charge on any atom is 0.231 e. The third-order valence-corrected chi connectivity index (χ3v) is 6.54. The van der Waals surface area contributed by atoms with E-state index in [1.54, 1.807) is 11.8 Å². The molecule has 2 aromatic carbocycles. The van der Waals surface area contributed by atoms with Crippen LogP contribution in [-0.2, 0) is 4.79 Å². The van der Waals surface area contributed by atoms with Crippen LogP contribution in [0, 0.1) is 5.41 Å². The van der Waals surface area contributed by atoms with Crippen LogP contribution in [0.15, 0.2) is 52.6 Å². The monoisotopic (exact) mass is 393 g/mol. The molecule has 0 saturated carbocycles. The van der Waals surface area contributed by atoms with Gasteiger partial charge in [-0.1, -0.05) is 26.0 Å². The molecule has 1 atom stereocenters. The van der Waals surface area contributed by atoms with Crippen LogP contribution in [0.4, 0.5) is 5.69 Å². The number of carbonyl (C=O) groups is 1. The van der Waals surface area contributed by atoms with E-state index in [9.17, 15) is 4.79 Å². The molecule has 28 heavy (non-hydrogen) atoms. The highest BCUT2D eigenvalue weighted by atomic mass is 32.2. The number of fused-ring (bicyclic) bond motifs is 2. The number of Topliss-reactive ketones (excluding diaryl/α,β-unsaturated/α-hetero) is 1. The van der Waals surface area contributed by atoms with Crippen molar-refractivity contribution in [3.8, 4) is 11.5 Å². The van der Waals surface area contributed by atoms with Crippen LogP contribution in [-0.4, -0.2) is 18.8 Å². The molecule has 3 aliphatic rings. The minimum absolute atomic E-state index is 0.0377. The zero-order valence-electron chi connectivity index (χ0n) is 16.3. The Morgan fingerprint density at radius 2 is 1.79 bits per heavy atom. The van der Waals surface area contributed by atoms with Crippen LogP contribution in [0.25, 0.3) is 0 Å². The van der Waals surface area contributed by atoms with Crippen molar-refractivity contribution in [2.45, 2.75) is 37.5 Å². The number of carbonyl (C=O) groups excluding carboxylic acids is 1. The predicted molar refractivity (Wildman–Crippen MR) is 111 cm³/mol. The largest absolute Gasteiger partial charge is 0.454 e. The van der Waals surface area contributed by atoms with Gasteiger partial charge in [0.15, 0.2) is 17.3 Å². The van der Waals surface area contributed by atoms with E-state index in [4.69, 9.17) is 9.47 Å². The molecule has 0 bridgehead atoms. The summed E-state index contributed by atoms with van der Waals surface area (Å²) >= 11 is 1.72. The van der Waals surface area contributed by atoms with Gasteiger partial charge >= 0.3 is 0 Å². The average Bonchev–Trinajstić information content (AvgIpc) is 3.11. The first kappa shape index (κ1) is 17.7. The van der Waals surface area contributed by atoms with Crippen LogP contribution in [0.1, 0.15) is 43.7 Å². The Hall–Kier alpha value is -2.40. The Morgan fingerprint density at radius 1 is 1.07 bits per heavy atom. The third kappa shape index (κ3) is 2.80. The number of rotatable bonds is 2. The van der Waals surface area contributed by atoms with Crippen LogP contribution in [0.3, 0.4) is 0 Å². The Balaban J connectivity index is 1.70. The fourth-order valence-electron chi connectivity index (χ4n) is 4.55. The smallest absolute Gasteiger partial charge is 0.231 e. The summed E-state index contributed by atoms with van der Waals surface area (Å²) in [6.07, 6.45) is 3.51. The van der Waals surface area contributed by atoms with Crippen molar-refractivity contribution in [2.24, 2.45) is 5.41 Å². The molecule has 5 rings (SSSR count). The van der Waals surface area contributed by atoms with E-state index >= 15 is 0 Å². The van der Waals surface area contributed by atoms with Gasteiger partial charge in [-0.15, -0.1) is 11.8 Å². The summed E-state index contributed by atoms with van der Waals surface area (Å²) in [5.74, 6) is 1.66. The first-order valence-electron chi connectivity index (χ1n) is 9.56. The predicted octanol–water partition coefficient (Wildman–Crippen LogP) is 5.34. The maximum absolute atomic E-state index is 13.2. The first-order valence-corrected chi connectivity index (χ1v) is 10.8. The van der Waals surface area contributed by atoms with E-state index in [0.29, 0.717) is 6.42 Å². The molecular weight excluding hydrogens is 370 g/mol. The minimum Gasteiger partial charge on any atom is -0.454 e. The van der Waals surface area contributed by atoms with Gasteiger partial charge in [0.2, 0.25) is 6.79 Å². The Morgan fingerprint density at radius 3 is 2.50 bits per heavy atom. The zero-order valence-corrected chi connectivity index (χ0v) is 17.1. The zero-order chi connectivity index (χ0) is 19.5. The van der Waals surface area contributed by atoms with Crippen LogP contribution >= 0.6 is 11.8 Å². The van der Waals surface area contributed by atoms with Crippen LogP contribution in [0.5, 0.6) is 11.5 Å². The molecule has 1 N–H and O–H groups in total. The lowest BCUT2D eigenvalue weighted by atomic mass is 9.69. The number of hydrogen-bond donors (Lipinski definition) is 1. The number of anilines is 1.